The zero-order chi connectivity index (χ0) is 18.5. The van der Waals surface area contributed by atoms with Crippen LogP contribution in [0.25, 0.3) is 0 Å². The summed E-state index contributed by atoms with van der Waals surface area (Å²) >= 11 is 0. The van der Waals surface area contributed by atoms with Crippen LogP contribution in [0.5, 0.6) is 0 Å². The van der Waals surface area contributed by atoms with Crippen LogP contribution in [0, 0.1) is 0 Å². The molecule has 4 rings (SSSR count). The van der Waals surface area contributed by atoms with Crippen LogP contribution in [0.4, 0.5) is 5.69 Å². The maximum atomic E-state index is 12.3. The number of carbonyl (C=O) groups excluding carboxylic acids is 1. The fraction of sp³-hybridized carbons (Fsp3) is 0.435. The smallest absolute Gasteiger partial charge is 0.338 e. The molecule has 0 atom stereocenters. The van der Waals surface area contributed by atoms with Gasteiger partial charge in [-0.15, -0.1) is 0 Å². The Morgan fingerprint density at radius 3 is 2.22 bits per heavy atom. The Hall–Kier alpha value is -2.33. The van der Waals surface area contributed by atoms with Gasteiger partial charge >= 0.3 is 5.97 Å². The summed E-state index contributed by atoms with van der Waals surface area (Å²) in [5, 5.41) is 0. The fourth-order valence-electron chi connectivity index (χ4n) is 4.21. The van der Waals surface area contributed by atoms with Gasteiger partial charge in [0.25, 0.3) is 0 Å². The number of rotatable bonds is 5. The normalized spacial score (nSPS) is 18.6. The third-order valence-electron chi connectivity index (χ3n) is 5.80. The van der Waals surface area contributed by atoms with Gasteiger partial charge < -0.3 is 14.5 Å². The molecule has 0 spiro atoms. The molecule has 27 heavy (non-hydrogen) atoms. The monoisotopic (exact) mass is 364 g/mol. The Kier molecular flexibility index (Phi) is 5.73. The molecule has 0 unspecified atom stereocenters. The maximum absolute atomic E-state index is 12.3. The third kappa shape index (κ3) is 4.51. The van der Waals surface area contributed by atoms with Crippen molar-refractivity contribution in [3.63, 3.8) is 0 Å². The van der Waals surface area contributed by atoms with Crippen molar-refractivity contribution < 1.29 is 9.53 Å². The summed E-state index contributed by atoms with van der Waals surface area (Å²) in [6.07, 6.45) is 5.20. The zero-order valence-electron chi connectivity index (χ0n) is 15.8. The van der Waals surface area contributed by atoms with E-state index in [1.165, 1.54) is 44.5 Å². The van der Waals surface area contributed by atoms with Gasteiger partial charge in [-0.05, 0) is 68.6 Å². The van der Waals surface area contributed by atoms with E-state index in [0.29, 0.717) is 12.2 Å². The highest BCUT2D eigenvalue weighted by molar-refractivity contribution is 5.89. The average Bonchev–Trinajstić information content (AvgIpc) is 3.28. The number of likely N-dealkylation sites (tertiary alicyclic amines) is 1. The van der Waals surface area contributed by atoms with Crippen LogP contribution in [0.3, 0.4) is 0 Å². The molecule has 2 aliphatic rings. The summed E-state index contributed by atoms with van der Waals surface area (Å²) in [6, 6.07) is 18.4. The van der Waals surface area contributed by atoms with Crippen LogP contribution in [-0.4, -0.2) is 43.1 Å². The van der Waals surface area contributed by atoms with Gasteiger partial charge in [0.15, 0.2) is 0 Å². The van der Waals surface area contributed by atoms with Crippen molar-refractivity contribution in [2.24, 2.45) is 0 Å². The number of anilines is 1. The fourth-order valence-corrected chi connectivity index (χ4v) is 4.21. The van der Waals surface area contributed by atoms with Gasteiger partial charge in [0.1, 0.15) is 6.61 Å². The van der Waals surface area contributed by atoms with Crippen molar-refractivity contribution in [1.82, 2.24) is 4.90 Å². The quantitative estimate of drug-likeness (QED) is 0.748. The van der Waals surface area contributed by atoms with Gasteiger partial charge in [-0.1, -0.05) is 30.3 Å². The molecule has 4 nitrogen and oxygen atoms in total. The molecule has 4 heteroatoms. The largest absolute Gasteiger partial charge is 0.457 e. The molecule has 2 aromatic rings. The Bertz CT molecular complexity index is 731. The second-order valence-electron chi connectivity index (χ2n) is 7.57. The van der Waals surface area contributed by atoms with Crippen LogP contribution in [0.1, 0.15) is 41.6 Å². The molecule has 0 bridgehead atoms. The van der Waals surface area contributed by atoms with Gasteiger partial charge in [-0.3, -0.25) is 0 Å². The summed E-state index contributed by atoms with van der Waals surface area (Å²) < 4.78 is 5.41. The molecule has 142 valence electrons. The van der Waals surface area contributed by atoms with E-state index in [4.69, 9.17) is 4.74 Å². The van der Waals surface area contributed by atoms with E-state index < -0.39 is 0 Å². The summed E-state index contributed by atoms with van der Waals surface area (Å²) in [7, 11) is 0. The number of piperidine rings is 1. The first-order chi connectivity index (χ1) is 13.3. The standard InChI is InChI=1S/C23H28N2O2/c26-23(27-18-19-6-2-1-3-7-19)20-8-10-21(11-9-20)25-16-12-22(13-17-25)24-14-4-5-15-24/h1-3,6-11,22H,4-5,12-18H2. The molecule has 2 fully saturated rings. The molecular formula is C23H28N2O2. The second-order valence-corrected chi connectivity index (χ2v) is 7.57. The predicted octanol–water partition coefficient (Wildman–Crippen LogP) is 4.11. The van der Waals surface area contributed by atoms with Gasteiger partial charge in [0, 0.05) is 24.8 Å². The Labute approximate surface area is 161 Å². The zero-order valence-corrected chi connectivity index (χ0v) is 15.8. The van der Waals surface area contributed by atoms with Gasteiger partial charge in [0.2, 0.25) is 0 Å². The number of carbonyl (C=O) groups is 1. The van der Waals surface area contributed by atoms with Gasteiger partial charge in [-0.25, -0.2) is 4.79 Å². The molecule has 0 aromatic heterocycles. The van der Waals surface area contributed by atoms with Crippen molar-refractivity contribution >= 4 is 11.7 Å². The number of benzene rings is 2. The minimum absolute atomic E-state index is 0.266. The van der Waals surface area contributed by atoms with E-state index in [2.05, 4.69) is 21.9 Å². The van der Waals surface area contributed by atoms with E-state index in [-0.39, 0.29) is 5.97 Å². The average molecular weight is 364 g/mol. The first-order valence-corrected chi connectivity index (χ1v) is 10.1. The second kappa shape index (κ2) is 8.57. The third-order valence-corrected chi connectivity index (χ3v) is 5.80. The molecule has 2 aromatic carbocycles. The summed E-state index contributed by atoms with van der Waals surface area (Å²) in [5.74, 6) is -0.266. The number of hydrogen-bond acceptors (Lipinski definition) is 4. The first-order valence-electron chi connectivity index (χ1n) is 10.1. The predicted molar refractivity (Wildman–Crippen MR) is 108 cm³/mol. The van der Waals surface area contributed by atoms with Crippen molar-refractivity contribution in [1.29, 1.82) is 0 Å². The highest BCUT2D eigenvalue weighted by Crippen LogP contribution is 2.25. The summed E-state index contributed by atoms with van der Waals surface area (Å²) in [5.41, 5.74) is 2.82. The molecule has 2 saturated heterocycles. The van der Waals surface area contributed by atoms with E-state index in [1.54, 1.807) is 0 Å². The lowest BCUT2D eigenvalue weighted by atomic mass is 10.0. The number of hydrogen-bond donors (Lipinski definition) is 0. The Morgan fingerprint density at radius 2 is 1.56 bits per heavy atom. The molecule has 2 aliphatic heterocycles. The van der Waals surface area contributed by atoms with Crippen molar-refractivity contribution in [3.05, 3.63) is 65.7 Å². The summed E-state index contributed by atoms with van der Waals surface area (Å²) in [4.78, 5) is 17.4. The molecule has 0 N–H and O–H groups in total. The molecule has 0 amide bonds. The molecule has 0 aliphatic carbocycles. The molecular weight excluding hydrogens is 336 g/mol. The van der Waals surface area contributed by atoms with E-state index in [1.807, 2.05) is 42.5 Å². The first kappa shape index (κ1) is 18.1. The molecule has 0 saturated carbocycles. The lowest BCUT2D eigenvalue weighted by Crippen LogP contribution is -2.43. The number of ether oxygens (including phenoxy) is 1. The van der Waals surface area contributed by atoms with Crippen LogP contribution in [0.15, 0.2) is 54.6 Å². The van der Waals surface area contributed by atoms with Crippen LogP contribution < -0.4 is 4.90 Å². The topological polar surface area (TPSA) is 32.8 Å². The SMILES string of the molecule is O=C(OCc1ccccc1)c1ccc(N2CCC(N3CCCC3)CC2)cc1. The molecule has 2 heterocycles. The molecule has 0 radical (unpaired) electrons. The minimum Gasteiger partial charge on any atom is -0.457 e. The van der Waals surface area contributed by atoms with Gasteiger partial charge in [0.05, 0.1) is 5.56 Å². The van der Waals surface area contributed by atoms with Crippen molar-refractivity contribution in [2.75, 3.05) is 31.1 Å². The van der Waals surface area contributed by atoms with E-state index >= 15 is 0 Å². The number of esters is 1. The lowest BCUT2D eigenvalue weighted by Gasteiger charge is -2.37. The number of nitrogens with zero attached hydrogens (tertiary/aromatic N) is 2. The van der Waals surface area contributed by atoms with E-state index in [9.17, 15) is 4.79 Å². The minimum atomic E-state index is -0.266. The maximum Gasteiger partial charge on any atom is 0.338 e. The Balaban J connectivity index is 1.29. The van der Waals surface area contributed by atoms with Crippen molar-refractivity contribution in [3.8, 4) is 0 Å². The van der Waals surface area contributed by atoms with Crippen LogP contribution >= 0.6 is 0 Å². The Morgan fingerprint density at radius 1 is 0.889 bits per heavy atom. The summed E-state index contributed by atoms with van der Waals surface area (Å²) in [6.45, 7) is 5.07. The lowest BCUT2D eigenvalue weighted by molar-refractivity contribution is 0.0473. The van der Waals surface area contributed by atoms with E-state index in [0.717, 1.165) is 24.7 Å². The van der Waals surface area contributed by atoms with Crippen LogP contribution in [-0.2, 0) is 11.3 Å². The highest BCUT2D eigenvalue weighted by atomic mass is 16.5. The van der Waals surface area contributed by atoms with Crippen molar-refractivity contribution in [2.45, 2.75) is 38.3 Å². The van der Waals surface area contributed by atoms with Gasteiger partial charge in [-0.2, -0.15) is 0 Å². The van der Waals surface area contributed by atoms with Crippen LogP contribution in [0.2, 0.25) is 0 Å². The highest BCUT2D eigenvalue weighted by Gasteiger charge is 2.26.